The minimum Gasteiger partial charge on any atom is -0.337 e. The largest absolute Gasteiger partial charge is 0.337 e. The molecule has 0 saturated carbocycles. The van der Waals surface area contributed by atoms with E-state index in [1.165, 1.54) is 12.8 Å². The van der Waals surface area contributed by atoms with Crippen LogP contribution in [-0.4, -0.2) is 36.0 Å². The molecule has 2 saturated heterocycles. The zero-order chi connectivity index (χ0) is 13.2. The maximum absolute atomic E-state index is 12.4. The van der Waals surface area contributed by atoms with Crippen LogP contribution in [0.1, 0.15) is 35.2 Å². The normalized spacial score (nSPS) is 24.4. The Labute approximate surface area is 125 Å². The highest BCUT2D eigenvalue weighted by molar-refractivity contribution is 5.94. The molecule has 2 aliphatic rings. The number of carbonyl (C=O) groups excluding carboxylic acids is 1. The van der Waals surface area contributed by atoms with Gasteiger partial charge in [0.1, 0.15) is 0 Å². The molecule has 106 valence electrons. The van der Waals surface area contributed by atoms with Crippen molar-refractivity contribution >= 4 is 18.3 Å². The second-order valence-electron chi connectivity index (χ2n) is 5.37. The van der Waals surface area contributed by atoms with E-state index in [-0.39, 0.29) is 18.3 Å². The third-order valence-electron chi connectivity index (χ3n) is 4.07. The van der Waals surface area contributed by atoms with Crippen LogP contribution in [0.25, 0.3) is 0 Å². The Hall–Kier alpha value is -1.57. The van der Waals surface area contributed by atoms with Crippen molar-refractivity contribution in [2.75, 3.05) is 13.1 Å². The number of likely N-dealkylation sites (tertiary alicyclic amines) is 1. The highest BCUT2D eigenvalue weighted by Gasteiger charge is 2.31. The standard InChI is InChI=1S/C15H17N3O.ClH/c16-9-11-1-3-12(4-2-11)15(19)18-8-7-13-5-6-14(10-18)17-13;/h1-4,13-14,17H,5-8,10H2;1H. The Morgan fingerprint density at radius 2 is 1.90 bits per heavy atom. The zero-order valence-corrected chi connectivity index (χ0v) is 12.0. The molecular formula is C15H18ClN3O. The van der Waals surface area contributed by atoms with Gasteiger partial charge in [0, 0.05) is 30.7 Å². The number of rotatable bonds is 1. The summed E-state index contributed by atoms with van der Waals surface area (Å²) < 4.78 is 0. The summed E-state index contributed by atoms with van der Waals surface area (Å²) in [4.78, 5) is 14.4. The van der Waals surface area contributed by atoms with Gasteiger partial charge < -0.3 is 10.2 Å². The number of carbonyl (C=O) groups is 1. The number of nitrogens with zero attached hydrogens (tertiary/aromatic N) is 2. The van der Waals surface area contributed by atoms with Gasteiger partial charge in [-0.15, -0.1) is 12.4 Å². The average Bonchev–Trinajstić information content (AvgIpc) is 2.78. The molecule has 1 aromatic carbocycles. The number of fused-ring (bicyclic) bond motifs is 2. The summed E-state index contributed by atoms with van der Waals surface area (Å²) in [5.41, 5.74) is 1.27. The fraction of sp³-hybridized carbons (Fsp3) is 0.467. The van der Waals surface area contributed by atoms with Gasteiger partial charge in [-0.2, -0.15) is 5.26 Å². The smallest absolute Gasteiger partial charge is 0.253 e. The Bertz CT molecular complexity index is 523. The minimum atomic E-state index is 0. The monoisotopic (exact) mass is 291 g/mol. The van der Waals surface area contributed by atoms with E-state index in [4.69, 9.17) is 5.26 Å². The Kier molecular flexibility index (Phi) is 4.64. The predicted octanol–water partition coefficient (Wildman–Crippen LogP) is 1.95. The molecular weight excluding hydrogens is 274 g/mol. The highest BCUT2D eigenvalue weighted by atomic mass is 35.5. The van der Waals surface area contributed by atoms with Crippen LogP contribution in [0.3, 0.4) is 0 Å². The molecule has 20 heavy (non-hydrogen) atoms. The van der Waals surface area contributed by atoms with Crippen molar-refractivity contribution in [2.24, 2.45) is 0 Å². The molecule has 1 amide bonds. The van der Waals surface area contributed by atoms with Crippen molar-refractivity contribution in [3.05, 3.63) is 35.4 Å². The fourth-order valence-electron chi connectivity index (χ4n) is 3.00. The molecule has 0 aromatic heterocycles. The first-order valence-corrected chi connectivity index (χ1v) is 6.82. The SMILES string of the molecule is Cl.N#Cc1ccc(C(=O)N2CCC3CCC(C2)N3)cc1. The second-order valence-corrected chi connectivity index (χ2v) is 5.37. The molecule has 3 rings (SSSR count). The molecule has 1 N–H and O–H groups in total. The van der Waals surface area contributed by atoms with Crippen molar-refractivity contribution < 1.29 is 4.79 Å². The summed E-state index contributed by atoms with van der Waals surface area (Å²) in [7, 11) is 0. The van der Waals surface area contributed by atoms with E-state index in [0.29, 0.717) is 23.2 Å². The number of amides is 1. The third-order valence-corrected chi connectivity index (χ3v) is 4.07. The summed E-state index contributed by atoms with van der Waals surface area (Å²) in [6.45, 7) is 1.63. The fourth-order valence-corrected chi connectivity index (χ4v) is 3.00. The Morgan fingerprint density at radius 3 is 2.60 bits per heavy atom. The van der Waals surface area contributed by atoms with E-state index in [0.717, 1.165) is 19.5 Å². The summed E-state index contributed by atoms with van der Waals surface area (Å²) >= 11 is 0. The van der Waals surface area contributed by atoms with E-state index in [2.05, 4.69) is 11.4 Å². The van der Waals surface area contributed by atoms with Gasteiger partial charge >= 0.3 is 0 Å². The minimum absolute atomic E-state index is 0. The molecule has 2 unspecified atom stereocenters. The van der Waals surface area contributed by atoms with Gasteiger partial charge in [0.15, 0.2) is 0 Å². The molecule has 2 heterocycles. The van der Waals surface area contributed by atoms with Gasteiger partial charge in [0.25, 0.3) is 5.91 Å². The third kappa shape index (κ3) is 2.95. The lowest BCUT2D eigenvalue weighted by Gasteiger charge is -2.24. The summed E-state index contributed by atoms with van der Waals surface area (Å²) in [5.74, 6) is 0.0823. The number of hydrogen-bond donors (Lipinski definition) is 1. The maximum atomic E-state index is 12.4. The van der Waals surface area contributed by atoms with Crippen LogP contribution in [0, 0.1) is 11.3 Å². The zero-order valence-electron chi connectivity index (χ0n) is 11.2. The first-order valence-electron chi connectivity index (χ1n) is 6.82. The van der Waals surface area contributed by atoms with Gasteiger partial charge in [-0.05, 0) is 43.5 Å². The lowest BCUT2D eigenvalue weighted by Crippen LogP contribution is -2.39. The second kappa shape index (κ2) is 6.25. The molecule has 2 atom stereocenters. The van der Waals surface area contributed by atoms with E-state index < -0.39 is 0 Å². The molecule has 0 radical (unpaired) electrons. The molecule has 4 nitrogen and oxygen atoms in total. The highest BCUT2D eigenvalue weighted by Crippen LogP contribution is 2.21. The number of benzene rings is 1. The predicted molar refractivity (Wildman–Crippen MR) is 78.9 cm³/mol. The van der Waals surface area contributed by atoms with Crippen molar-refractivity contribution in [3.8, 4) is 6.07 Å². The maximum Gasteiger partial charge on any atom is 0.253 e. The van der Waals surface area contributed by atoms with Crippen molar-refractivity contribution in [3.63, 3.8) is 0 Å². The number of nitrogens with one attached hydrogen (secondary N) is 1. The van der Waals surface area contributed by atoms with Crippen LogP contribution in [0.2, 0.25) is 0 Å². The van der Waals surface area contributed by atoms with Crippen LogP contribution in [0.4, 0.5) is 0 Å². The summed E-state index contributed by atoms with van der Waals surface area (Å²) in [6.07, 6.45) is 3.45. The van der Waals surface area contributed by atoms with Crippen LogP contribution < -0.4 is 5.32 Å². The van der Waals surface area contributed by atoms with Crippen molar-refractivity contribution in [1.82, 2.24) is 10.2 Å². The topological polar surface area (TPSA) is 56.1 Å². The van der Waals surface area contributed by atoms with Gasteiger partial charge in [-0.25, -0.2) is 0 Å². The van der Waals surface area contributed by atoms with Crippen molar-refractivity contribution in [1.29, 1.82) is 5.26 Å². The molecule has 2 bridgehead atoms. The van der Waals surface area contributed by atoms with E-state index >= 15 is 0 Å². The Balaban J connectivity index is 0.00000147. The van der Waals surface area contributed by atoms with Gasteiger partial charge in [0.05, 0.1) is 11.6 Å². The van der Waals surface area contributed by atoms with Crippen LogP contribution in [0.5, 0.6) is 0 Å². The molecule has 2 fully saturated rings. The van der Waals surface area contributed by atoms with Crippen LogP contribution in [-0.2, 0) is 0 Å². The quantitative estimate of drug-likeness (QED) is 0.860. The van der Waals surface area contributed by atoms with E-state index in [1.54, 1.807) is 24.3 Å². The van der Waals surface area contributed by atoms with Crippen LogP contribution >= 0.6 is 12.4 Å². The molecule has 2 aliphatic heterocycles. The number of halogens is 1. The first kappa shape index (κ1) is 14.8. The van der Waals surface area contributed by atoms with Gasteiger partial charge in [-0.1, -0.05) is 0 Å². The van der Waals surface area contributed by atoms with E-state index in [9.17, 15) is 4.79 Å². The number of nitriles is 1. The summed E-state index contributed by atoms with van der Waals surface area (Å²) in [6, 6.07) is 10.0. The molecule has 0 aliphatic carbocycles. The first-order chi connectivity index (χ1) is 9.26. The van der Waals surface area contributed by atoms with Crippen molar-refractivity contribution in [2.45, 2.75) is 31.3 Å². The summed E-state index contributed by atoms with van der Waals surface area (Å²) in [5, 5.41) is 12.3. The molecule has 5 heteroatoms. The molecule has 0 spiro atoms. The van der Waals surface area contributed by atoms with E-state index in [1.807, 2.05) is 4.90 Å². The molecule has 1 aromatic rings. The number of hydrogen-bond acceptors (Lipinski definition) is 3. The lowest BCUT2D eigenvalue weighted by atomic mass is 10.1. The van der Waals surface area contributed by atoms with Gasteiger partial charge in [-0.3, -0.25) is 4.79 Å². The van der Waals surface area contributed by atoms with Crippen LogP contribution in [0.15, 0.2) is 24.3 Å². The van der Waals surface area contributed by atoms with Gasteiger partial charge in [0.2, 0.25) is 0 Å². The Morgan fingerprint density at radius 1 is 1.20 bits per heavy atom. The lowest BCUT2D eigenvalue weighted by molar-refractivity contribution is 0.0748. The average molecular weight is 292 g/mol.